The van der Waals surface area contributed by atoms with Crippen LogP contribution >= 0.6 is 0 Å². The predicted octanol–water partition coefficient (Wildman–Crippen LogP) is 4.47. The molecule has 0 unspecified atom stereocenters. The molecule has 3 heteroatoms. The van der Waals surface area contributed by atoms with Crippen molar-refractivity contribution in [2.75, 3.05) is 0 Å². The van der Waals surface area contributed by atoms with E-state index in [2.05, 4.69) is 38.4 Å². The third kappa shape index (κ3) is 6.06. The second kappa shape index (κ2) is 7.48. The predicted molar refractivity (Wildman–Crippen MR) is 83.4 cm³/mol. The van der Waals surface area contributed by atoms with Gasteiger partial charge in [-0.1, -0.05) is 24.8 Å². The number of carbonyl (C=O) groups is 1. The Morgan fingerprint density at radius 1 is 1.47 bits per heavy atom. The first-order valence-electron chi connectivity index (χ1n) is 7.09. The average Bonchev–Trinajstić information content (AvgIpc) is 2.33. The van der Waals surface area contributed by atoms with Crippen LogP contribution in [0.4, 0.5) is 0 Å². The van der Waals surface area contributed by atoms with Crippen LogP contribution in [0.25, 0.3) is 0 Å². The largest absolute Gasteiger partial charge is 0.548 e. The Kier molecular flexibility index (Phi) is 6.29. The lowest BCUT2D eigenvalue weighted by Crippen LogP contribution is -2.28. The zero-order valence-corrected chi connectivity index (χ0v) is 13.4. The smallest absolute Gasteiger partial charge is 0.241 e. The highest BCUT2D eigenvalue weighted by atomic mass is 28.4. The number of carbonyl (C=O) groups excluding carboxylic acids is 1. The van der Waals surface area contributed by atoms with Gasteiger partial charge in [0.1, 0.15) is 6.29 Å². The van der Waals surface area contributed by atoms with Gasteiger partial charge in [0.05, 0.1) is 5.76 Å². The summed E-state index contributed by atoms with van der Waals surface area (Å²) < 4.78 is 6.08. The van der Waals surface area contributed by atoms with Gasteiger partial charge in [-0.3, -0.25) is 0 Å². The van der Waals surface area contributed by atoms with E-state index < -0.39 is 8.32 Å². The van der Waals surface area contributed by atoms with Gasteiger partial charge in [0, 0.05) is 12.3 Å². The lowest BCUT2D eigenvalue weighted by atomic mass is 9.81. The van der Waals surface area contributed by atoms with E-state index in [-0.39, 0.29) is 5.92 Å². The molecule has 1 aliphatic carbocycles. The summed E-state index contributed by atoms with van der Waals surface area (Å²) in [5.41, 5.74) is 0. The first kappa shape index (κ1) is 16.0. The van der Waals surface area contributed by atoms with Gasteiger partial charge in [-0.15, -0.1) is 0 Å². The van der Waals surface area contributed by atoms with Crippen molar-refractivity contribution in [2.24, 2.45) is 11.8 Å². The van der Waals surface area contributed by atoms with Gasteiger partial charge < -0.3 is 9.22 Å². The van der Waals surface area contributed by atoms with Crippen molar-refractivity contribution in [3.8, 4) is 0 Å². The van der Waals surface area contributed by atoms with Crippen molar-refractivity contribution in [1.82, 2.24) is 0 Å². The maximum absolute atomic E-state index is 11.2. The molecule has 0 bridgehead atoms. The molecule has 2 nitrogen and oxygen atoms in total. The fraction of sp³-hybridized carbons (Fsp3) is 0.562. The van der Waals surface area contributed by atoms with E-state index in [4.69, 9.17) is 4.43 Å². The molecule has 19 heavy (non-hydrogen) atoms. The minimum atomic E-state index is -1.53. The normalized spacial score (nSPS) is 24.1. The van der Waals surface area contributed by atoms with E-state index in [0.717, 1.165) is 37.7 Å². The molecule has 0 fully saturated rings. The third-order valence-electron chi connectivity index (χ3n) is 3.22. The highest BCUT2D eigenvalue weighted by Gasteiger charge is 2.27. The highest BCUT2D eigenvalue weighted by molar-refractivity contribution is 6.70. The molecule has 0 aromatic carbocycles. The lowest BCUT2D eigenvalue weighted by Gasteiger charge is -2.30. The topological polar surface area (TPSA) is 26.3 Å². The maximum Gasteiger partial charge on any atom is 0.241 e. The summed E-state index contributed by atoms with van der Waals surface area (Å²) in [6.45, 7) is 10.2. The Labute approximate surface area is 118 Å². The highest BCUT2D eigenvalue weighted by Crippen LogP contribution is 2.32. The fourth-order valence-electron chi connectivity index (χ4n) is 2.39. The van der Waals surface area contributed by atoms with Crippen molar-refractivity contribution < 1.29 is 9.22 Å². The van der Waals surface area contributed by atoms with E-state index in [1.54, 1.807) is 6.08 Å². The second-order valence-corrected chi connectivity index (χ2v) is 10.5. The van der Waals surface area contributed by atoms with E-state index in [1.165, 1.54) is 0 Å². The molecule has 106 valence electrons. The maximum atomic E-state index is 11.2. The molecule has 0 amide bonds. The van der Waals surface area contributed by atoms with Gasteiger partial charge in [-0.2, -0.15) is 0 Å². The van der Waals surface area contributed by atoms with Crippen molar-refractivity contribution in [3.05, 3.63) is 36.6 Å². The SMILES string of the molecule is C=C/C=C/CC[C@H]1C=C(O[Si](C)(C)C)CC[C@@H]1C=O. The Bertz CT molecular complexity index is 363. The molecular formula is C16H26O2Si. The summed E-state index contributed by atoms with van der Waals surface area (Å²) in [5.74, 6) is 1.59. The van der Waals surface area contributed by atoms with Crippen LogP contribution in [0.15, 0.2) is 36.6 Å². The van der Waals surface area contributed by atoms with Crippen molar-refractivity contribution >= 4 is 14.6 Å². The van der Waals surface area contributed by atoms with Crippen molar-refractivity contribution in [2.45, 2.75) is 45.3 Å². The van der Waals surface area contributed by atoms with E-state index in [1.807, 2.05) is 6.08 Å². The molecule has 0 N–H and O–H groups in total. The molecule has 0 radical (unpaired) electrons. The van der Waals surface area contributed by atoms with Crippen molar-refractivity contribution in [3.63, 3.8) is 0 Å². The molecule has 1 rings (SSSR count). The first-order valence-corrected chi connectivity index (χ1v) is 10.5. The van der Waals surface area contributed by atoms with Gasteiger partial charge in [-0.25, -0.2) is 0 Å². The number of allylic oxidation sites excluding steroid dienone is 5. The van der Waals surface area contributed by atoms with E-state index in [9.17, 15) is 4.79 Å². The molecular weight excluding hydrogens is 252 g/mol. The molecule has 2 atom stereocenters. The van der Waals surface area contributed by atoms with Crippen LogP contribution in [-0.2, 0) is 9.22 Å². The minimum absolute atomic E-state index is 0.158. The summed E-state index contributed by atoms with van der Waals surface area (Å²) in [5, 5.41) is 0. The zero-order valence-electron chi connectivity index (χ0n) is 12.4. The second-order valence-electron chi connectivity index (χ2n) is 6.09. The van der Waals surface area contributed by atoms with Crippen LogP contribution in [0.5, 0.6) is 0 Å². The zero-order chi connectivity index (χ0) is 14.3. The van der Waals surface area contributed by atoms with Crippen LogP contribution in [0.2, 0.25) is 19.6 Å². The van der Waals surface area contributed by atoms with Crippen LogP contribution in [0.1, 0.15) is 25.7 Å². The van der Waals surface area contributed by atoms with Crippen LogP contribution in [0, 0.1) is 11.8 Å². The Morgan fingerprint density at radius 3 is 2.79 bits per heavy atom. The Morgan fingerprint density at radius 2 is 2.21 bits per heavy atom. The number of aldehydes is 1. The van der Waals surface area contributed by atoms with Crippen molar-refractivity contribution in [1.29, 1.82) is 0 Å². The molecule has 0 heterocycles. The van der Waals surface area contributed by atoms with Gasteiger partial charge in [-0.05, 0) is 50.9 Å². The minimum Gasteiger partial charge on any atom is -0.548 e. The molecule has 0 saturated carbocycles. The molecule has 1 aliphatic rings. The number of rotatable bonds is 7. The monoisotopic (exact) mass is 278 g/mol. The Balaban J connectivity index is 2.65. The van der Waals surface area contributed by atoms with Crippen LogP contribution in [-0.4, -0.2) is 14.6 Å². The lowest BCUT2D eigenvalue weighted by molar-refractivity contribution is -0.112. The summed E-state index contributed by atoms with van der Waals surface area (Å²) >= 11 is 0. The average molecular weight is 278 g/mol. The molecule has 0 saturated heterocycles. The fourth-order valence-corrected chi connectivity index (χ4v) is 3.35. The quantitative estimate of drug-likeness (QED) is 0.390. The summed E-state index contributed by atoms with van der Waals surface area (Å²) in [6, 6.07) is 0. The van der Waals surface area contributed by atoms with Gasteiger partial charge in [0.2, 0.25) is 8.32 Å². The van der Waals surface area contributed by atoms with E-state index in [0.29, 0.717) is 5.92 Å². The van der Waals surface area contributed by atoms with Gasteiger partial charge in [0.15, 0.2) is 0 Å². The van der Waals surface area contributed by atoms with Crippen LogP contribution in [0.3, 0.4) is 0 Å². The third-order valence-corrected chi connectivity index (χ3v) is 4.10. The summed E-state index contributed by atoms with van der Waals surface area (Å²) in [6.07, 6.45) is 13.0. The van der Waals surface area contributed by atoms with Crippen LogP contribution < -0.4 is 0 Å². The Hall–Kier alpha value is -1.09. The van der Waals surface area contributed by atoms with Gasteiger partial charge in [0.25, 0.3) is 0 Å². The molecule has 0 spiro atoms. The van der Waals surface area contributed by atoms with E-state index >= 15 is 0 Å². The number of hydrogen-bond donors (Lipinski definition) is 0. The summed E-state index contributed by atoms with van der Waals surface area (Å²) in [4.78, 5) is 11.2. The molecule has 0 aliphatic heterocycles. The standard InChI is InChI=1S/C16H26O2Si/c1-5-6-7-8-9-14-12-16(18-19(2,3)4)11-10-15(14)13-17/h5-7,12-15H,1,8-11H2,2-4H3/b7-6+/t14-,15+/m0/s1. The summed E-state index contributed by atoms with van der Waals surface area (Å²) in [7, 11) is -1.53. The number of hydrogen-bond acceptors (Lipinski definition) is 2. The molecule has 0 aromatic heterocycles. The van der Waals surface area contributed by atoms with Gasteiger partial charge >= 0.3 is 0 Å². The first-order chi connectivity index (χ1) is 8.96. The molecule has 0 aromatic rings.